The van der Waals surface area contributed by atoms with E-state index in [1.807, 2.05) is 0 Å². The van der Waals surface area contributed by atoms with Crippen molar-refractivity contribution in [1.82, 2.24) is 4.90 Å². The van der Waals surface area contributed by atoms with Gasteiger partial charge in [-0.1, -0.05) is 11.6 Å². The van der Waals surface area contributed by atoms with Crippen LogP contribution in [0.5, 0.6) is 5.75 Å². The van der Waals surface area contributed by atoms with Gasteiger partial charge in [0.1, 0.15) is 11.8 Å². The minimum absolute atomic E-state index is 0.0718. The maximum Gasteiger partial charge on any atom is 0.327 e. The lowest BCUT2D eigenvalue weighted by Crippen LogP contribution is -2.50. The molecule has 1 saturated heterocycles. The van der Waals surface area contributed by atoms with E-state index < -0.39 is 17.9 Å². The molecule has 1 aliphatic heterocycles. The fourth-order valence-corrected chi connectivity index (χ4v) is 3.10. The molecule has 0 radical (unpaired) electrons. The normalized spacial score (nSPS) is 19.2. The first-order valence-electron chi connectivity index (χ1n) is 5.60. The fourth-order valence-electron chi connectivity index (χ4n) is 1.89. The molecule has 2 rings (SSSR count). The van der Waals surface area contributed by atoms with E-state index in [-0.39, 0.29) is 11.3 Å². The van der Waals surface area contributed by atoms with Gasteiger partial charge < -0.3 is 15.1 Å². The number of aliphatic carboxylic acids is 1. The Labute approximate surface area is 119 Å². The predicted molar refractivity (Wildman–Crippen MR) is 72.9 cm³/mol. The van der Waals surface area contributed by atoms with Crippen LogP contribution in [0.25, 0.3) is 0 Å². The summed E-state index contributed by atoms with van der Waals surface area (Å²) in [5.41, 5.74) is 0.0718. The number of carboxylic acids is 1. The van der Waals surface area contributed by atoms with Gasteiger partial charge in [-0.3, -0.25) is 4.79 Å². The smallest absolute Gasteiger partial charge is 0.327 e. The molecule has 0 saturated carbocycles. The van der Waals surface area contributed by atoms with E-state index >= 15 is 0 Å². The standard InChI is InChI=1S/C12H12ClNO4S/c13-7-1-2-8(10(15)5-7)11(16)14-3-4-19-6-9(14)12(17)18/h1-2,5,9,15H,3-4,6H2,(H,17,18). The summed E-state index contributed by atoms with van der Waals surface area (Å²) in [5, 5.41) is 19.2. The second kappa shape index (κ2) is 5.71. The maximum absolute atomic E-state index is 12.3. The molecule has 5 nitrogen and oxygen atoms in total. The number of carboxylic acid groups (broad SMARTS) is 1. The molecule has 1 atom stereocenters. The van der Waals surface area contributed by atoms with Gasteiger partial charge in [0.2, 0.25) is 0 Å². The topological polar surface area (TPSA) is 77.8 Å². The number of thioether (sulfide) groups is 1. The van der Waals surface area contributed by atoms with Gasteiger partial charge >= 0.3 is 5.97 Å². The third-order valence-electron chi connectivity index (χ3n) is 2.86. The summed E-state index contributed by atoms with van der Waals surface area (Å²) in [6.07, 6.45) is 0. The lowest BCUT2D eigenvalue weighted by Gasteiger charge is -2.32. The zero-order valence-corrected chi connectivity index (χ0v) is 11.4. The first-order chi connectivity index (χ1) is 9.00. The monoisotopic (exact) mass is 301 g/mol. The third kappa shape index (κ3) is 2.96. The third-order valence-corrected chi connectivity index (χ3v) is 4.12. The van der Waals surface area contributed by atoms with Crippen LogP contribution in [0.1, 0.15) is 10.4 Å². The van der Waals surface area contributed by atoms with Crippen LogP contribution in [0, 0.1) is 0 Å². The van der Waals surface area contributed by atoms with Crippen LogP contribution in [0.4, 0.5) is 0 Å². The molecule has 2 N–H and O–H groups in total. The highest BCUT2D eigenvalue weighted by Crippen LogP contribution is 2.26. The Morgan fingerprint density at radius 3 is 2.79 bits per heavy atom. The number of carbonyl (C=O) groups is 2. The molecular formula is C12H12ClNO4S. The average molecular weight is 302 g/mol. The van der Waals surface area contributed by atoms with E-state index in [1.165, 1.54) is 34.9 Å². The van der Waals surface area contributed by atoms with E-state index in [4.69, 9.17) is 16.7 Å². The lowest BCUT2D eigenvalue weighted by molar-refractivity contribution is -0.141. The number of aromatic hydroxyl groups is 1. The van der Waals surface area contributed by atoms with Crippen LogP contribution in [-0.2, 0) is 4.79 Å². The number of hydrogen-bond donors (Lipinski definition) is 2. The Hall–Kier alpha value is -1.40. The molecule has 0 aliphatic carbocycles. The number of amides is 1. The molecule has 7 heteroatoms. The van der Waals surface area contributed by atoms with Crippen molar-refractivity contribution in [2.24, 2.45) is 0 Å². The van der Waals surface area contributed by atoms with Crippen molar-refractivity contribution in [3.8, 4) is 5.75 Å². The van der Waals surface area contributed by atoms with Crippen molar-refractivity contribution in [2.75, 3.05) is 18.1 Å². The fraction of sp³-hybridized carbons (Fsp3) is 0.333. The van der Waals surface area contributed by atoms with Gasteiger partial charge in [0, 0.05) is 23.1 Å². The Balaban J connectivity index is 2.28. The van der Waals surface area contributed by atoms with Gasteiger partial charge in [0.25, 0.3) is 5.91 Å². The van der Waals surface area contributed by atoms with E-state index in [0.29, 0.717) is 23.1 Å². The first-order valence-corrected chi connectivity index (χ1v) is 7.14. The van der Waals surface area contributed by atoms with Gasteiger partial charge in [0.15, 0.2) is 0 Å². The van der Waals surface area contributed by atoms with Crippen LogP contribution in [0.15, 0.2) is 18.2 Å². The summed E-state index contributed by atoms with van der Waals surface area (Å²) in [4.78, 5) is 24.7. The van der Waals surface area contributed by atoms with E-state index in [2.05, 4.69) is 0 Å². The quantitative estimate of drug-likeness (QED) is 0.869. The van der Waals surface area contributed by atoms with Crippen molar-refractivity contribution in [3.63, 3.8) is 0 Å². The van der Waals surface area contributed by atoms with Gasteiger partial charge in [-0.05, 0) is 18.2 Å². The molecule has 1 unspecified atom stereocenters. The van der Waals surface area contributed by atoms with Gasteiger partial charge in [-0.15, -0.1) is 0 Å². The number of phenolic OH excluding ortho intramolecular Hbond substituents is 1. The number of hydrogen-bond acceptors (Lipinski definition) is 4. The van der Waals surface area contributed by atoms with Crippen molar-refractivity contribution in [2.45, 2.75) is 6.04 Å². The number of rotatable bonds is 2. The highest BCUT2D eigenvalue weighted by Gasteiger charge is 2.33. The molecule has 1 amide bonds. The van der Waals surface area contributed by atoms with Crippen molar-refractivity contribution in [3.05, 3.63) is 28.8 Å². The molecule has 1 aromatic carbocycles. The molecule has 1 heterocycles. The number of halogens is 1. The van der Waals surface area contributed by atoms with E-state index in [1.54, 1.807) is 0 Å². The summed E-state index contributed by atoms with van der Waals surface area (Å²) < 4.78 is 0. The molecule has 1 fully saturated rings. The lowest BCUT2D eigenvalue weighted by atomic mass is 10.1. The van der Waals surface area contributed by atoms with Crippen molar-refractivity contribution >= 4 is 35.2 Å². The van der Waals surface area contributed by atoms with Crippen molar-refractivity contribution in [1.29, 1.82) is 0 Å². The summed E-state index contributed by atoms with van der Waals surface area (Å²) in [5.74, 6) is -0.713. The zero-order chi connectivity index (χ0) is 14.0. The molecule has 102 valence electrons. The molecule has 1 aromatic rings. The van der Waals surface area contributed by atoms with Gasteiger partial charge in [-0.25, -0.2) is 4.79 Å². The highest BCUT2D eigenvalue weighted by atomic mass is 35.5. The molecule has 0 bridgehead atoms. The summed E-state index contributed by atoms with van der Waals surface area (Å²) >= 11 is 7.20. The Kier molecular flexibility index (Phi) is 4.21. The van der Waals surface area contributed by atoms with Crippen LogP contribution >= 0.6 is 23.4 Å². The Bertz CT molecular complexity index is 522. The van der Waals surface area contributed by atoms with E-state index in [0.717, 1.165) is 0 Å². The minimum Gasteiger partial charge on any atom is -0.507 e. The van der Waals surface area contributed by atoms with Crippen molar-refractivity contribution < 1.29 is 19.8 Å². The molecule has 19 heavy (non-hydrogen) atoms. The van der Waals surface area contributed by atoms with Crippen LogP contribution in [0.2, 0.25) is 5.02 Å². The summed E-state index contributed by atoms with van der Waals surface area (Å²) in [6, 6.07) is 3.30. The Morgan fingerprint density at radius 1 is 1.42 bits per heavy atom. The SMILES string of the molecule is O=C(O)C1CSCCN1C(=O)c1ccc(Cl)cc1O. The van der Waals surface area contributed by atoms with E-state index in [9.17, 15) is 14.7 Å². The van der Waals surface area contributed by atoms with Crippen LogP contribution < -0.4 is 0 Å². The van der Waals surface area contributed by atoms with Crippen LogP contribution in [-0.4, -0.2) is 51.1 Å². The maximum atomic E-state index is 12.3. The Morgan fingerprint density at radius 2 is 2.16 bits per heavy atom. The van der Waals surface area contributed by atoms with Gasteiger partial charge in [0.05, 0.1) is 5.56 Å². The molecule has 0 spiro atoms. The van der Waals surface area contributed by atoms with Gasteiger partial charge in [-0.2, -0.15) is 11.8 Å². The molecule has 1 aliphatic rings. The summed E-state index contributed by atoms with van der Waals surface area (Å²) in [6.45, 7) is 0.350. The minimum atomic E-state index is -1.03. The zero-order valence-electron chi connectivity index (χ0n) is 9.88. The largest absolute Gasteiger partial charge is 0.507 e. The molecular weight excluding hydrogens is 290 g/mol. The first kappa shape index (κ1) is 14.0. The predicted octanol–water partition coefficient (Wildman–Crippen LogP) is 1.69. The second-order valence-corrected chi connectivity index (χ2v) is 5.68. The second-order valence-electron chi connectivity index (χ2n) is 4.09. The highest BCUT2D eigenvalue weighted by molar-refractivity contribution is 7.99. The number of phenols is 1. The number of benzene rings is 1. The average Bonchev–Trinajstić information content (AvgIpc) is 2.38. The summed E-state index contributed by atoms with van der Waals surface area (Å²) in [7, 11) is 0. The van der Waals surface area contributed by atoms with Crippen LogP contribution in [0.3, 0.4) is 0 Å². The number of nitrogens with zero attached hydrogens (tertiary/aromatic N) is 1. The molecule has 0 aromatic heterocycles. The number of carbonyl (C=O) groups excluding carboxylic acids is 1.